The number of likely N-dealkylation sites (tertiary alicyclic amines) is 1. The Kier molecular flexibility index (Phi) is 6.45. The summed E-state index contributed by atoms with van der Waals surface area (Å²) in [5.74, 6) is 0. The van der Waals surface area contributed by atoms with E-state index in [9.17, 15) is 0 Å². The van der Waals surface area contributed by atoms with Crippen molar-refractivity contribution in [3.05, 3.63) is 0 Å². The van der Waals surface area contributed by atoms with Gasteiger partial charge in [-0.2, -0.15) is 0 Å². The van der Waals surface area contributed by atoms with Crippen LogP contribution in [0.3, 0.4) is 0 Å². The van der Waals surface area contributed by atoms with Crippen molar-refractivity contribution in [1.29, 1.82) is 0 Å². The number of nitrogens with zero attached hydrogens (tertiary/aromatic N) is 2. The van der Waals surface area contributed by atoms with E-state index < -0.39 is 0 Å². The van der Waals surface area contributed by atoms with Gasteiger partial charge >= 0.3 is 0 Å². The molecule has 1 aliphatic rings. The molecule has 1 saturated heterocycles. The number of likely N-dealkylation sites (N-methyl/N-ethyl adjacent to an activating group) is 1. The van der Waals surface area contributed by atoms with Gasteiger partial charge in [-0.3, -0.25) is 4.90 Å². The molecule has 0 aromatic rings. The fourth-order valence-electron chi connectivity index (χ4n) is 2.88. The van der Waals surface area contributed by atoms with E-state index in [4.69, 9.17) is 5.73 Å². The first-order valence-corrected chi connectivity index (χ1v) is 7.32. The number of piperidine rings is 1. The van der Waals surface area contributed by atoms with Crippen LogP contribution in [0.15, 0.2) is 0 Å². The van der Waals surface area contributed by atoms with Crippen molar-refractivity contribution >= 4 is 0 Å². The number of hydrogen-bond acceptors (Lipinski definition) is 3. The first kappa shape index (κ1) is 14.9. The topological polar surface area (TPSA) is 32.5 Å². The summed E-state index contributed by atoms with van der Waals surface area (Å²) in [7, 11) is 2.26. The molecule has 0 aliphatic carbocycles. The molecule has 0 radical (unpaired) electrons. The van der Waals surface area contributed by atoms with Crippen molar-refractivity contribution < 1.29 is 0 Å². The minimum atomic E-state index is 0.277. The van der Waals surface area contributed by atoms with Gasteiger partial charge in [0.25, 0.3) is 0 Å². The van der Waals surface area contributed by atoms with Crippen LogP contribution in [0.2, 0.25) is 0 Å². The highest BCUT2D eigenvalue weighted by Gasteiger charge is 2.36. The zero-order valence-electron chi connectivity index (χ0n) is 12.0. The Balaban J connectivity index is 2.48. The van der Waals surface area contributed by atoms with Crippen LogP contribution in [0.25, 0.3) is 0 Å². The summed E-state index contributed by atoms with van der Waals surface area (Å²) < 4.78 is 0. The molecule has 1 heterocycles. The number of rotatable bonds is 7. The molecule has 0 aromatic carbocycles. The maximum atomic E-state index is 6.07. The first-order chi connectivity index (χ1) is 8.18. The van der Waals surface area contributed by atoms with Crippen molar-refractivity contribution in [3.8, 4) is 0 Å². The fraction of sp³-hybridized carbons (Fsp3) is 1.00. The van der Waals surface area contributed by atoms with Gasteiger partial charge in [0.2, 0.25) is 0 Å². The van der Waals surface area contributed by atoms with Gasteiger partial charge in [0.15, 0.2) is 0 Å². The largest absolute Gasteiger partial charge is 0.329 e. The van der Waals surface area contributed by atoms with E-state index in [0.29, 0.717) is 0 Å². The Bertz CT molecular complexity index is 198. The van der Waals surface area contributed by atoms with E-state index in [0.717, 1.165) is 6.54 Å². The minimum Gasteiger partial charge on any atom is -0.329 e. The van der Waals surface area contributed by atoms with E-state index in [1.54, 1.807) is 0 Å². The molecule has 102 valence electrons. The molecule has 2 N–H and O–H groups in total. The average molecular weight is 241 g/mol. The Morgan fingerprint density at radius 3 is 2.29 bits per heavy atom. The molecule has 1 rings (SSSR count). The van der Waals surface area contributed by atoms with Crippen molar-refractivity contribution in [3.63, 3.8) is 0 Å². The molecular weight excluding hydrogens is 210 g/mol. The van der Waals surface area contributed by atoms with Crippen LogP contribution in [-0.4, -0.2) is 55.1 Å². The monoisotopic (exact) mass is 241 g/mol. The average Bonchev–Trinajstić information content (AvgIpc) is 2.37. The predicted molar refractivity (Wildman–Crippen MR) is 75.3 cm³/mol. The van der Waals surface area contributed by atoms with E-state index >= 15 is 0 Å². The lowest BCUT2D eigenvalue weighted by atomic mass is 9.85. The summed E-state index contributed by atoms with van der Waals surface area (Å²) in [4.78, 5) is 5.11. The summed E-state index contributed by atoms with van der Waals surface area (Å²) in [6.45, 7) is 10.2. The summed E-state index contributed by atoms with van der Waals surface area (Å²) in [6, 6.07) is 0. The van der Waals surface area contributed by atoms with Gasteiger partial charge in [-0.25, -0.2) is 0 Å². The van der Waals surface area contributed by atoms with E-state index in [2.05, 4.69) is 30.7 Å². The molecule has 3 heteroatoms. The molecular formula is C14H31N3. The molecule has 3 nitrogen and oxygen atoms in total. The number of nitrogens with two attached hydrogens (primary N) is 1. The van der Waals surface area contributed by atoms with Crippen LogP contribution in [0.4, 0.5) is 0 Å². The molecule has 0 spiro atoms. The third-order valence-electron chi connectivity index (χ3n) is 4.36. The maximum absolute atomic E-state index is 6.07. The molecule has 0 amide bonds. The predicted octanol–water partition coefficient (Wildman–Crippen LogP) is 1.92. The highest BCUT2D eigenvalue weighted by Crippen LogP contribution is 2.27. The summed E-state index contributed by atoms with van der Waals surface area (Å²) >= 11 is 0. The van der Waals surface area contributed by atoms with Gasteiger partial charge in [0, 0.05) is 12.1 Å². The molecule has 17 heavy (non-hydrogen) atoms. The molecule has 0 bridgehead atoms. The normalized spacial score (nSPS) is 21.0. The van der Waals surface area contributed by atoms with E-state index in [1.165, 1.54) is 58.3 Å². The standard InChI is InChI=1S/C14H31N3/c1-4-6-10-16(3)14(13-15)7-11-17(9-5-2)12-8-14/h4-13,15H2,1-3H3. The van der Waals surface area contributed by atoms with Crippen molar-refractivity contribution in [2.75, 3.05) is 39.8 Å². The van der Waals surface area contributed by atoms with Gasteiger partial charge in [-0.15, -0.1) is 0 Å². The Morgan fingerprint density at radius 1 is 1.18 bits per heavy atom. The van der Waals surface area contributed by atoms with Gasteiger partial charge in [0.1, 0.15) is 0 Å². The van der Waals surface area contributed by atoms with Gasteiger partial charge < -0.3 is 10.6 Å². The highest BCUT2D eigenvalue weighted by molar-refractivity contribution is 4.95. The molecule has 1 fully saturated rings. The molecule has 1 aliphatic heterocycles. The Hall–Kier alpha value is -0.120. The minimum absolute atomic E-state index is 0.277. The highest BCUT2D eigenvalue weighted by atomic mass is 15.2. The second-order valence-electron chi connectivity index (χ2n) is 5.55. The van der Waals surface area contributed by atoms with Crippen LogP contribution < -0.4 is 5.73 Å². The Labute approximate surface area is 107 Å². The lowest BCUT2D eigenvalue weighted by molar-refractivity contribution is 0.0445. The Morgan fingerprint density at radius 2 is 1.82 bits per heavy atom. The lowest BCUT2D eigenvalue weighted by Gasteiger charge is -2.47. The van der Waals surface area contributed by atoms with Crippen LogP contribution in [-0.2, 0) is 0 Å². The van der Waals surface area contributed by atoms with Crippen LogP contribution in [0.5, 0.6) is 0 Å². The SMILES string of the molecule is CCCCN(C)C1(CN)CCN(CCC)CC1. The fourth-order valence-corrected chi connectivity index (χ4v) is 2.88. The lowest BCUT2D eigenvalue weighted by Crippen LogP contribution is -2.58. The van der Waals surface area contributed by atoms with Crippen LogP contribution in [0, 0.1) is 0 Å². The smallest absolute Gasteiger partial charge is 0.0353 e. The van der Waals surface area contributed by atoms with E-state index in [1.807, 2.05) is 0 Å². The van der Waals surface area contributed by atoms with Crippen molar-refractivity contribution in [2.24, 2.45) is 5.73 Å². The summed E-state index contributed by atoms with van der Waals surface area (Å²) in [5.41, 5.74) is 6.35. The third kappa shape index (κ3) is 3.94. The zero-order valence-corrected chi connectivity index (χ0v) is 12.0. The van der Waals surface area contributed by atoms with Crippen molar-refractivity contribution in [1.82, 2.24) is 9.80 Å². The molecule has 0 atom stereocenters. The number of hydrogen-bond donors (Lipinski definition) is 1. The van der Waals surface area contributed by atoms with Gasteiger partial charge in [0.05, 0.1) is 0 Å². The van der Waals surface area contributed by atoms with Crippen LogP contribution >= 0.6 is 0 Å². The quantitative estimate of drug-likeness (QED) is 0.739. The summed E-state index contributed by atoms with van der Waals surface area (Å²) in [5, 5.41) is 0. The van der Waals surface area contributed by atoms with Gasteiger partial charge in [-0.05, 0) is 58.9 Å². The maximum Gasteiger partial charge on any atom is 0.0353 e. The zero-order chi connectivity index (χ0) is 12.7. The molecule has 0 unspecified atom stereocenters. The molecule has 0 saturated carbocycles. The van der Waals surface area contributed by atoms with Crippen LogP contribution in [0.1, 0.15) is 46.0 Å². The van der Waals surface area contributed by atoms with Crippen molar-refractivity contribution in [2.45, 2.75) is 51.5 Å². The number of unbranched alkanes of at least 4 members (excludes halogenated alkanes) is 1. The second-order valence-corrected chi connectivity index (χ2v) is 5.55. The molecule has 0 aromatic heterocycles. The second kappa shape index (κ2) is 7.34. The first-order valence-electron chi connectivity index (χ1n) is 7.32. The third-order valence-corrected chi connectivity index (χ3v) is 4.36. The summed E-state index contributed by atoms with van der Waals surface area (Å²) in [6.07, 6.45) is 6.30. The van der Waals surface area contributed by atoms with E-state index in [-0.39, 0.29) is 5.54 Å². The van der Waals surface area contributed by atoms with Gasteiger partial charge in [-0.1, -0.05) is 20.3 Å².